The van der Waals surface area contributed by atoms with E-state index in [-0.39, 0.29) is 31.3 Å². The van der Waals surface area contributed by atoms with E-state index in [1.807, 2.05) is 84.9 Å². The van der Waals surface area contributed by atoms with Crippen molar-refractivity contribution in [3.63, 3.8) is 0 Å². The summed E-state index contributed by atoms with van der Waals surface area (Å²) in [6.07, 6.45) is 10.2. The molecule has 6 rings (SSSR count). The van der Waals surface area contributed by atoms with Gasteiger partial charge in [-0.25, -0.2) is 4.98 Å². The molecule has 1 aliphatic heterocycles. The number of rotatable bonds is 15. The predicted octanol–water partition coefficient (Wildman–Crippen LogP) is 5.82. The van der Waals surface area contributed by atoms with Gasteiger partial charge in [-0.3, -0.25) is 14.4 Å². The van der Waals surface area contributed by atoms with Crippen LogP contribution in [-0.2, 0) is 14.4 Å². The third-order valence-electron chi connectivity index (χ3n) is 9.13. The lowest BCUT2D eigenvalue weighted by atomic mass is 10.1. The molecule has 254 valence electrons. The van der Waals surface area contributed by atoms with Gasteiger partial charge in [0.2, 0.25) is 17.7 Å². The molecule has 1 aromatic heterocycles. The molecule has 2 heterocycles. The molecule has 10 nitrogen and oxygen atoms in total. The molecule has 0 spiro atoms. The Balaban J connectivity index is 1.20. The maximum absolute atomic E-state index is 14.2. The summed E-state index contributed by atoms with van der Waals surface area (Å²) < 4.78 is 6.38. The lowest BCUT2D eigenvalue weighted by Crippen LogP contribution is -2.56. The Hall–Kier alpha value is -5.38. The van der Waals surface area contributed by atoms with Gasteiger partial charge in [-0.1, -0.05) is 86.5 Å². The van der Waals surface area contributed by atoms with Gasteiger partial charge in [0.25, 0.3) is 5.91 Å². The second-order valence-corrected chi connectivity index (χ2v) is 12.6. The first-order chi connectivity index (χ1) is 24.0. The number of nitrogens with zero attached hydrogens (tertiary/aromatic N) is 2. The molecule has 1 saturated heterocycles. The minimum atomic E-state index is -1.21. The summed E-state index contributed by atoms with van der Waals surface area (Å²) in [5.74, 6) is -0.401. The van der Waals surface area contributed by atoms with Crippen molar-refractivity contribution in [2.45, 2.75) is 63.1 Å². The Morgan fingerprint density at radius 3 is 2.51 bits per heavy atom. The molecule has 3 amide bonds. The van der Waals surface area contributed by atoms with Crippen molar-refractivity contribution in [2.24, 2.45) is 5.92 Å². The molecule has 0 bridgehead atoms. The number of carbonyl (C=O) groups excluding carboxylic acids is 3. The van der Waals surface area contributed by atoms with Gasteiger partial charge in [0, 0.05) is 29.6 Å². The zero-order valence-corrected chi connectivity index (χ0v) is 27.7. The number of pyridine rings is 1. The number of para-hydroxylation sites is 2. The number of likely N-dealkylation sites (tertiary alicyclic amines) is 1. The van der Waals surface area contributed by atoms with Crippen LogP contribution in [0.4, 0.5) is 5.69 Å². The minimum absolute atomic E-state index is 0.00724. The number of benzene rings is 3. The fourth-order valence-corrected chi connectivity index (χ4v) is 6.33. The highest BCUT2D eigenvalue weighted by molar-refractivity contribution is 5.97. The molecule has 3 aromatic carbocycles. The second-order valence-electron chi connectivity index (χ2n) is 12.6. The zero-order valence-electron chi connectivity index (χ0n) is 27.7. The summed E-state index contributed by atoms with van der Waals surface area (Å²) in [6.45, 7) is 2.34. The van der Waals surface area contributed by atoms with Gasteiger partial charge in [0.1, 0.15) is 17.7 Å². The number of fused-ring (bicyclic) bond motifs is 1. The van der Waals surface area contributed by atoms with Crippen molar-refractivity contribution in [2.75, 3.05) is 18.4 Å². The monoisotopic (exact) mass is 661 g/mol. The molecule has 3 N–H and O–H groups in total. The molecule has 4 aromatic rings. The Kier molecular flexibility index (Phi) is 10.7. The van der Waals surface area contributed by atoms with E-state index in [1.165, 1.54) is 0 Å². The molecule has 4 atom stereocenters. The summed E-state index contributed by atoms with van der Waals surface area (Å²) in [4.78, 5) is 53.2. The number of aromatic nitrogens is 1. The molecule has 2 fully saturated rings. The van der Waals surface area contributed by atoms with Crippen LogP contribution in [0, 0.1) is 5.92 Å². The van der Waals surface area contributed by atoms with Gasteiger partial charge in [-0.15, -0.1) is 0 Å². The van der Waals surface area contributed by atoms with Gasteiger partial charge in [-0.05, 0) is 61.0 Å². The standard InChI is InChI=1S/C39H43N5O5/c1-2-3-4-5-8-16-29-25-39(29,38(47)43-49-31-19-11-7-12-20-31)42-36(46)34-24-32(48-37-33-21-14-13-15-28(33)22-23-40-37)27-44(34)35(45)26-41-30-17-9-6-10-18-30/h6-23,29,32,34,41H,2-5,24-27H2,1H3,(H,42,46)(H,43,47)/b16-8-/t29-,32?,34+,39-/m1/s1. The molecular formula is C39H43N5O5. The summed E-state index contributed by atoms with van der Waals surface area (Å²) in [5, 5.41) is 8.04. The van der Waals surface area contributed by atoms with E-state index < -0.39 is 29.5 Å². The van der Waals surface area contributed by atoms with Crippen LogP contribution in [0.15, 0.2) is 109 Å². The number of amides is 3. The fraction of sp³-hybridized carbons (Fsp3) is 0.333. The highest BCUT2D eigenvalue weighted by Gasteiger charge is 2.61. The Morgan fingerprint density at radius 1 is 0.959 bits per heavy atom. The second kappa shape index (κ2) is 15.7. The zero-order chi connectivity index (χ0) is 34.1. The average Bonchev–Trinajstić information content (AvgIpc) is 3.66. The van der Waals surface area contributed by atoms with Crippen LogP contribution in [0.1, 0.15) is 45.4 Å². The third kappa shape index (κ3) is 8.20. The van der Waals surface area contributed by atoms with Crippen molar-refractivity contribution >= 4 is 34.2 Å². The first kappa shape index (κ1) is 33.5. The maximum Gasteiger partial charge on any atom is 0.278 e. The van der Waals surface area contributed by atoms with E-state index in [0.29, 0.717) is 18.1 Å². The van der Waals surface area contributed by atoms with Crippen molar-refractivity contribution < 1.29 is 24.0 Å². The number of hydrogen-bond acceptors (Lipinski definition) is 7. The van der Waals surface area contributed by atoms with Crippen LogP contribution in [0.5, 0.6) is 11.6 Å². The highest BCUT2D eigenvalue weighted by Crippen LogP contribution is 2.45. The van der Waals surface area contributed by atoms with Gasteiger partial charge in [-0.2, -0.15) is 5.48 Å². The van der Waals surface area contributed by atoms with Gasteiger partial charge in [0.05, 0.1) is 13.1 Å². The molecule has 0 radical (unpaired) electrons. The largest absolute Gasteiger partial charge is 0.472 e. The van der Waals surface area contributed by atoms with E-state index in [1.54, 1.807) is 23.2 Å². The molecule has 1 saturated carbocycles. The van der Waals surface area contributed by atoms with Crippen molar-refractivity contribution in [1.82, 2.24) is 20.7 Å². The lowest BCUT2D eigenvalue weighted by molar-refractivity contribution is -0.140. The van der Waals surface area contributed by atoms with Gasteiger partial charge < -0.3 is 25.1 Å². The smallest absolute Gasteiger partial charge is 0.278 e. The van der Waals surface area contributed by atoms with Crippen molar-refractivity contribution in [3.8, 4) is 11.6 Å². The third-order valence-corrected chi connectivity index (χ3v) is 9.13. The number of carbonyl (C=O) groups is 3. The highest BCUT2D eigenvalue weighted by atomic mass is 16.7. The number of allylic oxidation sites excluding steroid dienone is 1. The SMILES string of the molecule is CCCCC/C=C\[C@@H]1C[C@]1(NC(=O)[C@@H]1CC(Oc2nccc3ccccc23)CN1C(=O)CNc1ccccc1)C(=O)NOc1ccccc1. The molecule has 10 heteroatoms. The lowest BCUT2D eigenvalue weighted by Gasteiger charge is -2.26. The molecular weight excluding hydrogens is 618 g/mol. The molecule has 1 aliphatic carbocycles. The van der Waals surface area contributed by atoms with Gasteiger partial charge >= 0.3 is 0 Å². The summed E-state index contributed by atoms with van der Waals surface area (Å²) in [5.41, 5.74) is 2.15. The molecule has 49 heavy (non-hydrogen) atoms. The van der Waals surface area contributed by atoms with Crippen LogP contribution in [0.25, 0.3) is 10.8 Å². The number of unbranched alkanes of at least 4 members (excludes halogenated alkanes) is 3. The fourth-order valence-electron chi connectivity index (χ4n) is 6.33. The maximum atomic E-state index is 14.2. The molecule has 2 aliphatic rings. The first-order valence-electron chi connectivity index (χ1n) is 17.1. The number of hydroxylamine groups is 1. The molecule has 1 unspecified atom stereocenters. The Labute approximate surface area is 286 Å². The van der Waals surface area contributed by atoms with Crippen molar-refractivity contribution in [1.29, 1.82) is 0 Å². The number of ether oxygens (including phenoxy) is 1. The van der Waals surface area contributed by atoms with Crippen LogP contribution in [-0.4, -0.2) is 58.4 Å². The van der Waals surface area contributed by atoms with E-state index in [0.717, 1.165) is 42.1 Å². The van der Waals surface area contributed by atoms with Gasteiger partial charge in [0.15, 0.2) is 5.75 Å². The number of anilines is 1. The van der Waals surface area contributed by atoms with Crippen LogP contribution in [0.2, 0.25) is 0 Å². The quantitative estimate of drug-likeness (QED) is 0.0835. The minimum Gasteiger partial charge on any atom is -0.472 e. The predicted molar refractivity (Wildman–Crippen MR) is 189 cm³/mol. The van der Waals surface area contributed by atoms with Crippen LogP contribution in [0.3, 0.4) is 0 Å². The summed E-state index contributed by atoms with van der Waals surface area (Å²) in [7, 11) is 0. The summed E-state index contributed by atoms with van der Waals surface area (Å²) in [6, 6.07) is 27.2. The van der Waals surface area contributed by atoms with Crippen LogP contribution < -0.4 is 25.7 Å². The van der Waals surface area contributed by atoms with Crippen molar-refractivity contribution in [3.05, 3.63) is 109 Å². The Bertz CT molecular complexity index is 1760. The average molecular weight is 662 g/mol. The normalized spacial score (nSPS) is 21.3. The summed E-state index contributed by atoms with van der Waals surface area (Å²) >= 11 is 0. The first-order valence-corrected chi connectivity index (χ1v) is 17.1. The van der Waals surface area contributed by atoms with E-state index >= 15 is 0 Å². The van der Waals surface area contributed by atoms with Crippen LogP contribution >= 0.6 is 0 Å². The van der Waals surface area contributed by atoms with E-state index in [2.05, 4.69) is 34.1 Å². The number of hydrogen-bond donors (Lipinski definition) is 3. The Morgan fingerprint density at radius 2 is 1.71 bits per heavy atom. The number of nitrogens with one attached hydrogen (secondary N) is 3. The van der Waals surface area contributed by atoms with E-state index in [4.69, 9.17) is 9.57 Å². The topological polar surface area (TPSA) is 122 Å². The van der Waals surface area contributed by atoms with E-state index in [9.17, 15) is 14.4 Å².